The molecule has 0 aliphatic rings. The van der Waals surface area contributed by atoms with Crippen LogP contribution in [0.1, 0.15) is 11.4 Å². The predicted molar refractivity (Wildman–Crippen MR) is 75.1 cm³/mol. The lowest BCUT2D eigenvalue weighted by atomic mass is 10.2. The highest BCUT2D eigenvalue weighted by Gasteiger charge is 2.07. The van der Waals surface area contributed by atoms with E-state index < -0.39 is 0 Å². The van der Waals surface area contributed by atoms with E-state index in [9.17, 15) is 0 Å². The summed E-state index contributed by atoms with van der Waals surface area (Å²) < 4.78 is 0. The van der Waals surface area contributed by atoms with Gasteiger partial charge in [-0.15, -0.1) is 0 Å². The lowest BCUT2D eigenvalue weighted by molar-refractivity contribution is 0.956. The van der Waals surface area contributed by atoms with Crippen molar-refractivity contribution in [3.63, 3.8) is 0 Å². The van der Waals surface area contributed by atoms with Crippen LogP contribution in [0.2, 0.25) is 0 Å². The predicted octanol–water partition coefficient (Wildman–Crippen LogP) is 2.32. The van der Waals surface area contributed by atoms with Crippen molar-refractivity contribution in [1.82, 2.24) is 20.2 Å². The number of rotatable bonds is 4. The second-order valence-electron chi connectivity index (χ2n) is 4.39. The molecule has 0 amide bonds. The molecule has 5 heteroatoms. The summed E-state index contributed by atoms with van der Waals surface area (Å²) in [7, 11) is 0. The number of anilines is 1. The van der Waals surface area contributed by atoms with Crippen LogP contribution >= 0.6 is 0 Å². The molecule has 0 aliphatic carbocycles. The van der Waals surface area contributed by atoms with Crippen molar-refractivity contribution >= 4 is 16.7 Å². The minimum absolute atomic E-state index is 0.799. The number of hydrogen-bond donors (Lipinski definition) is 2. The van der Waals surface area contributed by atoms with Gasteiger partial charge in [0, 0.05) is 31.1 Å². The fourth-order valence-electron chi connectivity index (χ4n) is 2.11. The second-order valence-corrected chi connectivity index (χ2v) is 4.39. The Morgan fingerprint density at radius 3 is 2.95 bits per heavy atom. The molecule has 0 unspecified atom stereocenters. The first-order valence-electron chi connectivity index (χ1n) is 6.28. The van der Waals surface area contributed by atoms with Gasteiger partial charge in [0.2, 0.25) is 0 Å². The summed E-state index contributed by atoms with van der Waals surface area (Å²) in [6.45, 7) is 2.78. The molecule has 0 aromatic carbocycles. The number of aryl methyl sites for hydroxylation is 1. The number of aromatic amines is 1. The highest BCUT2D eigenvalue weighted by molar-refractivity contribution is 5.91. The fourth-order valence-corrected chi connectivity index (χ4v) is 2.11. The molecule has 0 bridgehead atoms. The molecule has 5 nitrogen and oxygen atoms in total. The lowest BCUT2D eigenvalue weighted by Crippen LogP contribution is -2.07. The van der Waals surface area contributed by atoms with Crippen molar-refractivity contribution < 1.29 is 0 Å². The van der Waals surface area contributed by atoms with Gasteiger partial charge < -0.3 is 5.32 Å². The molecular formula is C14H15N5. The quantitative estimate of drug-likeness (QED) is 0.748. The third-order valence-electron chi connectivity index (χ3n) is 3.06. The molecule has 0 atom stereocenters. The Morgan fingerprint density at radius 2 is 2.11 bits per heavy atom. The van der Waals surface area contributed by atoms with Crippen LogP contribution in [0.5, 0.6) is 0 Å². The van der Waals surface area contributed by atoms with Gasteiger partial charge >= 0.3 is 0 Å². The number of H-pyrrole nitrogens is 1. The average molecular weight is 253 g/mol. The van der Waals surface area contributed by atoms with Crippen LogP contribution in [-0.4, -0.2) is 26.7 Å². The summed E-state index contributed by atoms with van der Waals surface area (Å²) in [6, 6.07) is 7.88. The monoisotopic (exact) mass is 253 g/mol. The maximum absolute atomic E-state index is 4.38. The minimum Gasteiger partial charge on any atom is -0.369 e. The van der Waals surface area contributed by atoms with Crippen molar-refractivity contribution in [2.75, 3.05) is 11.9 Å². The largest absolute Gasteiger partial charge is 0.369 e. The van der Waals surface area contributed by atoms with Gasteiger partial charge in [-0.25, -0.2) is 4.98 Å². The van der Waals surface area contributed by atoms with E-state index in [0.29, 0.717) is 0 Å². The molecule has 0 saturated carbocycles. The normalized spacial score (nSPS) is 10.8. The molecule has 3 aromatic heterocycles. The summed E-state index contributed by atoms with van der Waals surface area (Å²) in [5.41, 5.74) is 3.04. The Balaban J connectivity index is 1.74. The van der Waals surface area contributed by atoms with E-state index >= 15 is 0 Å². The molecule has 3 rings (SSSR count). The van der Waals surface area contributed by atoms with Crippen LogP contribution in [0.25, 0.3) is 10.9 Å². The van der Waals surface area contributed by atoms with Crippen molar-refractivity contribution in [2.24, 2.45) is 0 Å². The van der Waals surface area contributed by atoms with Gasteiger partial charge in [-0.05, 0) is 25.1 Å². The highest BCUT2D eigenvalue weighted by atomic mass is 15.1. The third-order valence-corrected chi connectivity index (χ3v) is 3.06. The zero-order valence-corrected chi connectivity index (χ0v) is 10.7. The molecule has 3 aromatic rings. The summed E-state index contributed by atoms with van der Waals surface area (Å²) in [6.07, 6.45) is 4.47. The van der Waals surface area contributed by atoms with Crippen molar-refractivity contribution in [3.8, 4) is 0 Å². The maximum Gasteiger partial charge on any atom is 0.137 e. The van der Waals surface area contributed by atoms with Crippen LogP contribution in [0.3, 0.4) is 0 Å². The summed E-state index contributed by atoms with van der Waals surface area (Å²) in [4.78, 5) is 8.68. The Bertz CT molecular complexity index is 675. The van der Waals surface area contributed by atoms with Crippen LogP contribution in [-0.2, 0) is 6.42 Å². The highest BCUT2D eigenvalue weighted by Crippen LogP contribution is 2.21. The van der Waals surface area contributed by atoms with E-state index in [1.54, 1.807) is 6.20 Å². The van der Waals surface area contributed by atoms with Gasteiger partial charge in [0.25, 0.3) is 0 Å². The number of nitrogens with one attached hydrogen (secondary N) is 2. The zero-order valence-electron chi connectivity index (χ0n) is 10.7. The molecule has 3 heterocycles. The second kappa shape index (κ2) is 5.06. The molecule has 96 valence electrons. The maximum atomic E-state index is 4.38. The summed E-state index contributed by atoms with van der Waals surface area (Å²) in [5.74, 6) is 0.875. The van der Waals surface area contributed by atoms with Crippen molar-refractivity contribution in [2.45, 2.75) is 13.3 Å². The van der Waals surface area contributed by atoms with E-state index in [4.69, 9.17) is 0 Å². The number of nitrogens with zero attached hydrogens (tertiary/aromatic N) is 3. The number of hydrogen-bond acceptors (Lipinski definition) is 4. The molecule has 0 spiro atoms. The third kappa shape index (κ3) is 2.40. The van der Waals surface area contributed by atoms with E-state index in [2.05, 4.69) is 25.5 Å². The Hall–Kier alpha value is -2.43. The molecular weight excluding hydrogens is 238 g/mol. The molecule has 2 N–H and O–H groups in total. The van der Waals surface area contributed by atoms with Gasteiger partial charge in [0.1, 0.15) is 5.82 Å². The topological polar surface area (TPSA) is 66.5 Å². The molecule has 0 aliphatic heterocycles. The average Bonchev–Trinajstić information content (AvgIpc) is 2.83. The van der Waals surface area contributed by atoms with Crippen molar-refractivity contribution in [3.05, 3.63) is 48.0 Å². The smallest absolute Gasteiger partial charge is 0.137 e. The Kier molecular flexibility index (Phi) is 3.10. The van der Waals surface area contributed by atoms with Gasteiger partial charge in [0.05, 0.1) is 16.6 Å². The van der Waals surface area contributed by atoms with Crippen molar-refractivity contribution in [1.29, 1.82) is 0 Å². The van der Waals surface area contributed by atoms with Crippen LogP contribution in [0.15, 0.2) is 36.7 Å². The molecule has 19 heavy (non-hydrogen) atoms. The lowest BCUT2D eigenvalue weighted by Gasteiger charge is -2.06. The van der Waals surface area contributed by atoms with E-state index in [1.807, 2.05) is 37.4 Å². The van der Waals surface area contributed by atoms with Gasteiger partial charge in [-0.3, -0.25) is 10.1 Å². The first kappa shape index (κ1) is 11.6. The van der Waals surface area contributed by atoms with E-state index in [0.717, 1.165) is 41.1 Å². The van der Waals surface area contributed by atoms with Crippen LogP contribution in [0, 0.1) is 6.92 Å². The van der Waals surface area contributed by atoms with E-state index in [-0.39, 0.29) is 0 Å². The standard InChI is InChI=1S/C14H15N5/c1-10-13-12(19-18-10)6-9-17-14(13)16-8-5-11-4-2-3-7-15-11/h2-4,6-7,9H,5,8H2,1H3,(H,16,17)(H,18,19). The van der Waals surface area contributed by atoms with Crippen LogP contribution in [0.4, 0.5) is 5.82 Å². The number of fused-ring (bicyclic) bond motifs is 1. The first-order valence-corrected chi connectivity index (χ1v) is 6.28. The molecule has 0 fully saturated rings. The van der Waals surface area contributed by atoms with Gasteiger partial charge in [-0.2, -0.15) is 5.10 Å². The zero-order chi connectivity index (χ0) is 13.1. The Labute approximate surface area is 111 Å². The molecule has 0 saturated heterocycles. The summed E-state index contributed by atoms with van der Waals surface area (Å²) >= 11 is 0. The van der Waals surface area contributed by atoms with Crippen LogP contribution < -0.4 is 5.32 Å². The van der Waals surface area contributed by atoms with Gasteiger partial charge in [0.15, 0.2) is 0 Å². The Morgan fingerprint density at radius 1 is 1.16 bits per heavy atom. The number of aromatic nitrogens is 4. The van der Waals surface area contributed by atoms with E-state index in [1.165, 1.54) is 0 Å². The number of pyridine rings is 2. The molecule has 0 radical (unpaired) electrons. The first-order chi connectivity index (χ1) is 9.34. The minimum atomic E-state index is 0.799. The SMILES string of the molecule is Cc1n[nH]c2ccnc(NCCc3ccccn3)c12. The van der Waals surface area contributed by atoms with Gasteiger partial charge in [-0.1, -0.05) is 6.07 Å². The summed E-state index contributed by atoms with van der Waals surface area (Å²) in [5, 5.41) is 11.6. The fraction of sp³-hybridized carbons (Fsp3) is 0.214.